The van der Waals surface area contributed by atoms with Crippen LogP contribution in [0.3, 0.4) is 0 Å². The number of nitrogens with one attached hydrogen (secondary N) is 1. The highest BCUT2D eigenvalue weighted by molar-refractivity contribution is 5.51. The molecule has 0 aliphatic carbocycles. The lowest BCUT2D eigenvalue weighted by atomic mass is 10.3. The zero-order chi connectivity index (χ0) is 10.1. The number of aliphatic hydroxyl groups is 1. The molecule has 2 heterocycles. The molecular formula is C8H8FN3O2. The Balaban J connectivity index is 2.44. The summed E-state index contributed by atoms with van der Waals surface area (Å²) in [4.78, 5) is 3.72. The Kier molecular flexibility index (Phi) is 2.05. The SMILES string of the molecule is Cc1[nH]nc(-c2cnc(CO)o2)c1F. The number of H-pyrrole nitrogens is 1. The van der Waals surface area contributed by atoms with Crippen molar-refractivity contribution in [1.29, 1.82) is 0 Å². The number of aromatic nitrogens is 3. The number of oxazole rings is 1. The van der Waals surface area contributed by atoms with E-state index in [-0.39, 0.29) is 24.0 Å². The number of aryl methyl sites for hydroxylation is 1. The average molecular weight is 197 g/mol. The van der Waals surface area contributed by atoms with E-state index in [1.807, 2.05) is 0 Å². The second-order valence-corrected chi connectivity index (χ2v) is 2.79. The Labute approximate surface area is 78.6 Å². The van der Waals surface area contributed by atoms with Gasteiger partial charge < -0.3 is 9.52 Å². The average Bonchev–Trinajstić information content (AvgIpc) is 2.75. The van der Waals surface area contributed by atoms with E-state index in [1.165, 1.54) is 6.20 Å². The van der Waals surface area contributed by atoms with Crippen molar-refractivity contribution in [1.82, 2.24) is 15.2 Å². The summed E-state index contributed by atoms with van der Waals surface area (Å²) in [6.45, 7) is 1.25. The van der Waals surface area contributed by atoms with Crippen molar-refractivity contribution in [3.63, 3.8) is 0 Å². The maximum atomic E-state index is 13.3. The van der Waals surface area contributed by atoms with Crippen LogP contribution in [0.25, 0.3) is 11.5 Å². The Bertz CT molecular complexity index is 449. The fraction of sp³-hybridized carbons (Fsp3) is 0.250. The third kappa shape index (κ3) is 1.29. The molecule has 0 atom stereocenters. The van der Waals surface area contributed by atoms with Gasteiger partial charge in [0.15, 0.2) is 17.3 Å². The molecule has 0 amide bonds. The van der Waals surface area contributed by atoms with Crippen molar-refractivity contribution in [2.75, 3.05) is 0 Å². The van der Waals surface area contributed by atoms with E-state index in [4.69, 9.17) is 9.52 Å². The molecule has 0 aliphatic rings. The van der Waals surface area contributed by atoms with Crippen LogP contribution in [0.2, 0.25) is 0 Å². The molecule has 5 nitrogen and oxygen atoms in total. The number of hydrogen-bond acceptors (Lipinski definition) is 4. The fourth-order valence-corrected chi connectivity index (χ4v) is 1.07. The molecule has 0 saturated heterocycles. The highest BCUT2D eigenvalue weighted by Gasteiger charge is 2.15. The summed E-state index contributed by atoms with van der Waals surface area (Å²) in [5.74, 6) is -0.124. The molecule has 0 spiro atoms. The minimum Gasteiger partial charge on any atom is -0.436 e. The van der Waals surface area contributed by atoms with E-state index in [2.05, 4.69) is 15.2 Å². The Hall–Kier alpha value is -1.69. The van der Waals surface area contributed by atoms with Crippen LogP contribution in [-0.4, -0.2) is 20.3 Å². The molecule has 2 aromatic rings. The molecule has 74 valence electrons. The first kappa shape index (κ1) is 8.89. The predicted octanol–water partition coefficient (Wildman–Crippen LogP) is 1.00. The third-order valence-corrected chi connectivity index (χ3v) is 1.79. The van der Waals surface area contributed by atoms with Crippen molar-refractivity contribution in [2.45, 2.75) is 13.5 Å². The van der Waals surface area contributed by atoms with Gasteiger partial charge in [0.25, 0.3) is 0 Å². The van der Waals surface area contributed by atoms with Gasteiger partial charge in [0.2, 0.25) is 5.89 Å². The third-order valence-electron chi connectivity index (χ3n) is 1.79. The first-order chi connectivity index (χ1) is 6.72. The molecule has 2 rings (SSSR count). The number of halogens is 1. The predicted molar refractivity (Wildman–Crippen MR) is 44.7 cm³/mol. The zero-order valence-electron chi connectivity index (χ0n) is 7.41. The lowest BCUT2D eigenvalue weighted by Crippen LogP contribution is -1.80. The van der Waals surface area contributed by atoms with Crippen LogP contribution < -0.4 is 0 Å². The Morgan fingerprint density at radius 2 is 2.43 bits per heavy atom. The molecule has 0 fully saturated rings. The molecule has 2 N–H and O–H groups in total. The number of rotatable bonds is 2. The zero-order valence-corrected chi connectivity index (χ0v) is 7.41. The second kappa shape index (κ2) is 3.22. The topological polar surface area (TPSA) is 74.9 Å². The van der Waals surface area contributed by atoms with Crippen LogP contribution in [-0.2, 0) is 6.61 Å². The number of nitrogens with zero attached hydrogens (tertiary/aromatic N) is 2. The highest BCUT2D eigenvalue weighted by Crippen LogP contribution is 2.22. The molecule has 0 bridgehead atoms. The summed E-state index contributed by atoms with van der Waals surface area (Å²) in [7, 11) is 0. The standard InChI is InChI=1S/C8H8FN3O2/c1-4-7(9)8(12-11-4)5-2-10-6(3-13)14-5/h2,13H,3H2,1H3,(H,11,12). The molecule has 2 aromatic heterocycles. The molecule has 0 unspecified atom stereocenters. The summed E-state index contributed by atoms with van der Waals surface area (Å²) in [6.07, 6.45) is 1.32. The lowest BCUT2D eigenvalue weighted by Gasteiger charge is -1.88. The van der Waals surface area contributed by atoms with Crippen LogP contribution in [0.15, 0.2) is 10.6 Å². The van der Waals surface area contributed by atoms with E-state index in [1.54, 1.807) is 6.92 Å². The van der Waals surface area contributed by atoms with Crippen molar-refractivity contribution in [3.05, 3.63) is 23.6 Å². The van der Waals surface area contributed by atoms with Crippen molar-refractivity contribution >= 4 is 0 Å². The van der Waals surface area contributed by atoms with Gasteiger partial charge in [-0.2, -0.15) is 5.10 Å². The molecule has 14 heavy (non-hydrogen) atoms. The van der Waals surface area contributed by atoms with E-state index in [9.17, 15) is 4.39 Å². The van der Waals surface area contributed by atoms with Gasteiger partial charge in [0.1, 0.15) is 6.61 Å². The van der Waals surface area contributed by atoms with E-state index < -0.39 is 5.82 Å². The Morgan fingerprint density at radius 3 is 2.93 bits per heavy atom. The van der Waals surface area contributed by atoms with Crippen LogP contribution in [0.5, 0.6) is 0 Å². The molecule has 0 radical (unpaired) electrons. The van der Waals surface area contributed by atoms with Crippen molar-refractivity contribution in [3.8, 4) is 11.5 Å². The minimum atomic E-state index is -0.467. The van der Waals surface area contributed by atoms with Gasteiger partial charge in [0, 0.05) is 0 Å². The summed E-state index contributed by atoms with van der Waals surface area (Å²) >= 11 is 0. The highest BCUT2D eigenvalue weighted by atomic mass is 19.1. The largest absolute Gasteiger partial charge is 0.436 e. The van der Waals surface area contributed by atoms with Gasteiger partial charge in [-0.15, -0.1) is 0 Å². The lowest BCUT2D eigenvalue weighted by molar-refractivity contribution is 0.241. The van der Waals surface area contributed by atoms with Crippen LogP contribution in [0.1, 0.15) is 11.6 Å². The van der Waals surface area contributed by atoms with Gasteiger partial charge >= 0.3 is 0 Å². The molecule has 6 heteroatoms. The number of aromatic amines is 1. The normalized spacial score (nSPS) is 10.8. The summed E-state index contributed by atoms with van der Waals surface area (Å²) in [5, 5.41) is 14.9. The van der Waals surface area contributed by atoms with E-state index in [0.717, 1.165) is 0 Å². The molecule has 0 aromatic carbocycles. The van der Waals surface area contributed by atoms with Crippen LogP contribution in [0.4, 0.5) is 4.39 Å². The Morgan fingerprint density at radius 1 is 1.64 bits per heavy atom. The minimum absolute atomic E-state index is 0.0784. The van der Waals surface area contributed by atoms with Gasteiger partial charge in [0.05, 0.1) is 11.9 Å². The fourth-order valence-electron chi connectivity index (χ4n) is 1.07. The van der Waals surface area contributed by atoms with Gasteiger partial charge in [-0.3, -0.25) is 5.10 Å². The summed E-state index contributed by atoms with van der Waals surface area (Å²) < 4.78 is 18.3. The smallest absolute Gasteiger partial charge is 0.220 e. The molecular weight excluding hydrogens is 189 g/mol. The molecule has 0 aliphatic heterocycles. The summed E-state index contributed by atoms with van der Waals surface area (Å²) in [6, 6.07) is 0. The number of aliphatic hydroxyl groups excluding tert-OH is 1. The van der Waals surface area contributed by atoms with E-state index >= 15 is 0 Å². The van der Waals surface area contributed by atoms with E-state index in [0.29, 0.717) is 5.69 Å². The van der Waals surface area contributed by atoms with Crippen molar-refractivity contribution in [2.24, 2.45) is 0 Å². The van der Waals surface area contributed by atoms with Gasteiger partial charge in [-0.1, -0.05) is 0 Å². The number of hydrogen-bond donors (Lipinski definition) is 2. The second-order valence-electron chi connectivity index (χ2n) is 2.79. The maximum Gasteiger partial charge on any atom is 0.220 e. The first-order valence-corrected chi connectivity index (χ1v) is 3.98. The van der Waals surface area contributed by atoms with Gasteiger partial charge in [-0.25, -0.2) is 9.37 Å². The first-order valence-electron chi connectivity index (χ1n) is 3.98. The van der Waals surface area contributed by atoms with Crippen molar-refractivity contribution < 1.29 is 13.9 Å². The maximum absolute atomic E-state index is 13.3. The molecule has 0 saturated carbocycles. The quantitative estimate of drug-likeness (QED) is 0.753. The van der Waals surface area contributed by atoms with Crippen LogP contribution >= 0.6 is 0 Å². The monoisotopic (exact) mass is 197 g/mol. The van der Waals surface area contributed by atoms with Crippen LogP contribution in [0, 0.1) is 12.7 Å². The summed E-state index contributed by atoms with van der Waals surface area (Å²) in [5.41, 5.74) is 0.414. The van der Waals surface area contributed by atoms with Gasteiger partial charge in [-0.05, 0) is 6.92 Å².